The van der Waals surface area contributed by atoms with Crippen molar-refractivity contribution in [1.82, 2.24) is 10.2 Å². The molecule has 1 saturated heterocycles. The topological polar surface area (TPSA) is 67.9 Å². The van der Waals surface area contributed by atoms with Crippen molar-refractivity contribution >= 4 is 11.8 Å². The molecule has 2 aliphatic heterocycles. The molecule has 6 nitrogen and oxygen atoms in total. The molecule has 0 aliphatic carbocycles. The molecule has 1 atom stereocenters. The van der Waals surface area contributed by atoms with E-state index in [2.05, 4.69) is 26.1 Å². The van der Waals surface area contributed by atoms with Crippen molar-refractivity contribution in [1.29, 1.82) is 0 Å². The molecule has 2 aliphatic rings. The van der Waals surface area contributed by atoms with Crippen molar-refractivity contribution in [3.8, 4) is 11.5 Å². The predicted octanol–water partition coefficient (Wildman–Crippen LogP) is 3.85. The van der Waals surface area contributed by atoms with Gasteiger partial charge < -0.3 is 19.7 Å². The van der Waals surface area contributed by atoms with Gasteiger partial charge in [0.25, 0.3) is 5.91 Å². The lowest BCUT2D eigenvalue weighted by molar-refractivity contribution is -0.131. The monoisotopic (exact) mass is 422 g/mol. The smallest absolute Gasteiger partial charge is 0.251 e. The molecule has 0 bridgehead atoms. The van der Waals surface area contributed by atoms with Crippen LogP contribution in [0.15, 0.2) is 42.5 Å². The second-order valence-corrected chi connectivity index (χ2v) is 9.16. The normalized spacial score (nSPS) is 18.0. The van der Waals surface area contributed by atoms with E-state index in [1.54, 1.807) is 0 Å². The molecule has 31 heavy (non-hydrogen) atoms. The molecule has 2 aromatic rings. The van der Waals surface area contributed by atoms with Crippen LogP contribution in [0.5, 0.6) is 11.5 Å². The molecule has 1 fully saturated rings. The van der Waals surface area contributed by atoms with Crippen LogP contribution in [-0.4, -0.2) is 43.0 Å². The summed E-state index contributed by atoms with van der Waals surface area (Å²) in [5, 5.41) is 2.78. The highest BCUT2D eigenvalue weighted by Gasteiger charge is 2.31. The van der Waals surface area contributed by atoms with E-state index in [0.29, 0.717) is 25.3 Å². The number of nitrogens with zero attached hydrogens (tertiary/aromatic N) is 1. The van der Waals surface area contributed by atoms with E-state index in [4.69, 9.17) is 9.47 Å². The summed E-state index contributed by atoms with van der Waals surface area (Å²) in [6.07, 6.45) is 1.83. The third-order valence-corrected chi connectivity index (χ3v) is 5.94. The third-order valence-electron chi connectivity index (χ3n) is 5.94. The summed E-state index contributed by atoms with van der Waals surface area (Å²) in [5.41, 5.74) is 2.80. The molecular formula is C25H30N2O4. The number of hydrogen-bond acceptors (Lipinski definition) is 4. The van der Waals surface area contributed by atoms with Gasteiger partial charge in [0.15, 0.2) is 11.5 Å². The van der Waals surface area contributed by atoms with Crippen molar-refractivity contribution in [3.05, 3.63) is 59.2 Å². The summed E-state index contributed by atoms with van der Waals surface area (Å²) in [6, 6.07) is 13.4. The minimum atomic E-state index is -0.233. The number of carbonyl (C=O) groups is 2. The molecule has 2 aromatic carbocycles. The molecule has 0 saturated carbocycles. The highest BCUT2D eigenvalue weighted by atomic mass is 16.6. The maximum absolute atomic E-state index is 12.9. The quantitative estimate of drug-likeness (QED) is 0.813. The number of carbonyl (C=O) groups excluding carboxylic acids is 2. The summed E-state index contributed by atoms with van der Waals surface area (Å²) in [4.78, 5) is 27.3. The van der Waals surface area contributed by atoms with Gasteiger partial charge in [0.1, 0.15) is 13.2 Å². The molecule has 0 aromatic heterocycles. The molecule has 1 N–H and O–H groups in total. The van der Waals surface area contributed by atoms with E-state index < -0.39 is 0 Å². The summed E-state index contributed by atoms with van der Waals surface area (Å²) < 4.78 is 11.3. The van der Waals surface area contributed by atoms with Gasteiger partial charge in [-0.15, -0.1) is 0 Å². The fourth-order valence-corrected chi connectivity index (χ4v) is 4.16. The third kappa shape index (κ3) is 4.68. The Morgan fingerprint density at radius 1 is 1.03 bits per heavy atom. The van der Waals surface area contributed by atoms with E-state index in [1.165, 1.54) is 5.56 Å². The lowest BCUT2D eigenvalue weighted by atomic mass is 9.87. The van der Waals surface area contributed by atoms with Crippen molar-refractivity contribution in [2.45, 2.75) is 45.1 Å². The van der Waals surface area contributed by atoms with Gasteiger partial charge in [0.2, 0.25) is 5.91 Å². The van der Waals surface area contributed by atoms with Crippen LogP contribution in [0.25, 0.3) is 0 Å². The lowest BCUT2D eigenvalue weighted by Crippen LogP contribution is -2.39. The Hall–Kier alpha value is -3.02. The Kier molecular flexibility index (Phi) is 5.90. The molecule has 2 heterocycles. The molecule has 4 rings (SSSR count). The lowest BCUT2D eigenvalue weighted by Gasteiger charge is -2.27. The molecule has 6 heteroatoms. The van der Waals surface area contributed by atoms with Crippen molar-refractivity contribution in [2.24, 2.45) is 0 Å². The van der Waals surface area contributed by atoms with E-state index in [0.717, 1.165) is 29.9 Å². The Morgan fingerprint density at radius 3 is 2.45 bits per heavy atom. The van der Waals surface area contributed by atoms with Gasteiger partial charge in [-0.25, -0.2) is 0 Å². The number of nitrogens with one attached hydrogen (secondary N) is 1. The number of likely N-dealkylation sites (tertiary alicyclic amines) is 1. The van der Waals surface area contributed by atoms with Crippen LogP contribution in [0.1, 0.15) is 61.1 Å². The van der Waals surface area contributed by atoms with Gasteiger partial charge in [0.05, 0.1) is 12.6 Å². The molecule has 0 spiro atoms. The average Bonchev–Trinajstić information content (AvgIpc) is 3.26. The largest absolute Gasteiger partial charge is 0.486 e. The maximum atomic E-state index is 12.9. The SMILES string of the molecule is CC(C)(C)c1ccc(C(=O)NCC(=O)N2CCCC2c2ccc3c(c2)OCCO3)cc1. The number of hydrogen-bond donors (Lipinski definition) is 1. The Balaban J connectivity index is 1.38. The van der Waals surface area contributed by atoms with Crippen LogP contribution in [0, 0.1) is 0 Å². The van der Waals surface area contributed by atoms with Crippen molar-refractivity contribution in [2.75, 3.05) is 26.3 Å². The van der Waals surface area contributed by atoms with Gasteiger partial charge in [-0.2, -0.15) is 0 Å². The van der Waals surface area contributed by atoms with Crippen molar-refractivity contribution < 1.29 is 19.1 Å². The number of amides is 2. The van der Waals surface area contributed by atoms with Crippen LogP contribution in [0.2, 0.25) is 0 Å². The first-order valence-corrected chi connectivity index (χ1v) is 10.9. The number of benzene rings is 2. The van der Waals surface area contributed by atoms with Gasteiger partial charge in [-0.05, 0) is 53.6 Å². The van der Waals surface area contributed by atoms with Crippen molar-refractivity contribution in [3.63, 3.8) is 0 Å². The zero-order valence-electron chi connectivity index (χ0n) is 18.4. The summed E-state index contributed by atoms with van der Waals surface area (Å²) in [7, 11) is 0. The van der Waals surface area contributed by atoms with Crippen LogP contribution >= 0.6 is 0 Å². The second kappa shape index (κ2) is 8.61. The van der Waals surface area contributed by atoms with Crippen LogP contribution in [-0.2, 0) is 10.2 Å². The molecule has 1 unspecified atom stereocenters. The van der Waals surface area contributed by atoms with Crippen LogP contribution in [0.3, 0.4) is 0 Å². The zero-order valence-corrected chi connectivity index (χ0v) is 18.4. The molecule has 2 amide bonds. The van der Waals surface area contributed by atoms with Gasteiger partial charge in [-0.1, -0.05) is 39.0 Å². The Morgan fingerprint density at radius 2 is 1.74 bits per heavy atom. The first kappa shape index (κ1) is 21.2. The van der Waals surface area contributed by atoms with Gasteiger partial charge in [0, 0.05) is 12.1 Å². The zero-order chi connectivity index (χ0) is 22.0. The first-order chi connectivity index (χ1) is 14.8. The molecular weight excluding hydrogens is 392 g/mol. The Labute approximate surface area is 183 Å². The van der Waals surface area contributed by atoms with Gasteiger partial charge >= 0.3 is 0 Å². The summed E-state index contributed by atoms with van der Waals surface area (Å²) in [5.74, 6) is 1.17. The summed E-state index contributed by atoms with van der Waals surface area (Å²) in [6.45, 7) is 8.17. The fourth-order valence-electron chi connectivity index (χ4n) is 4.16. The second-order valence-electron chi connectivity index (χ2n) is 9.16. The minimum absolute atomic E-state index is 0.00806. The minimum Gasteiger partial charge on any atom is -0.486 e. The van der Waals surface area contributed by atoms with Gasteiger partial charge in [-0.3, -0.25) is 9.59 Å². The maximum Gasteiger partial charge on any atom is 0.251 e. The standard InChI is InChI=1S/C25H30N2O4/c1-25(2,3)19-9-6-17(7-10-19)24(29)26-16-23(28)27-12-4-5-20(27)18-8-11-21-22(15-18)31-14-13-30-21/h6-11,15,20H,4-5,12-14,16H2,1-3H3,(H,26,29). The van der Waals surface area contributed by atoms with E-state index >= 15 is 0 Å². The first-order valence-electron chi connectivity index (χ1n) is 10.9. The number of fused-ring (bicyclic) bond motifs is 1. The van der Waals surface area contributed by atoms with Crippen LogP contribution in [0.4, 0.5) is 0 Å². The molecule has 164 valence electrons. The highest BCUT2D eigenvalue weighted by Crippen LogP contribution is 2.38. The highest BCUT2D eigenvalue weighted by molar-refractivity contribution is 5.96. The number of ether oxygens (including phenoxy) is 2. The predicted molar refractivity (Wildman–Crippen MR) is 119 cm³/mol. The summed E-state index contributed by atoms with van der Waals surface area (Å²) >= 11 is 0. The fraction of sp³-hybridized carbons (Fsp3) is 0.440. The van der Waals surface area contributed by atoms with Crippen LogP contribution < -0.4 is 14.8 Å². The number of rotatable bonds is 4. The molecule has 0 radical (unpaired) electrons. The van der Waals surface area contributed by atoms with E-state index in [1.807, 2.05) is 47.4 Å². The average molecular weight is 423 g/mol. The van der Waals surface area contributed by atoms with E-state index in [-0.39, 0.29) is 29.8 Å². The Bertz CT molecular complexity index is 962. The van der Waals surface area contributed by atoms with E-state index in [9.17, 15) is 9.59 Å².